The number of carbonyl (C=O) groups is 1. The van der Waals surface area contributed by atoms with Crippen molar-refractivity contribution in [1.82, 2.24) is 19.4 Å². The van der Waals surface area contributed by atoms with Gasteiger partial charge in [0, 0.05) is 51.3 Å². The number of anilines is 1. The number of carbonyl (C=O) groups excluding carboxylic acids is 1. The SMILES string of the molecule is CN(C)C(=O)c1ccc(-c2nnc(N3CC4(CCN(S(=O)(=O)c5ccccc5Cl)CC4)C3)s2)cc1Cl. The summed E-state index contributed by atoms with van der Waals surface area (Å²) in [5.41, 5.74) is 1.34. The van der Waals surface area contributed by atoms with Crippen LogP contribution in [-0.4, -0.2) is 74.0 Å². The number of hydrogen-bond acceptors (Lipinski definition) is 7. The first-order valence-corrected chi connectivity index (χ1v) is 14.5. The summed E-state index contributed by atoms with van der Waals surface area (Å²) in [6, 6.07) is 11.9. The third-order valence-electron chi connectivity index (χ3n) is 6.83. The lowest BCUT2D eigenvalue weighted by Gasteiger charge is -2.53. The van der Waals surface area contributed by atoms with E-state index in [4.69, 9.17) is 23.2 Å². The Morgan fingerprint density at radius 3 is 2.36 bits per heavy atom. The van der Waals surface area contributed by atoms with E-state index in [-0.39, 0.29) is 21.2 Å². The van der Waals surface area contributed by atoms with E-state index in [1.807, 2.05) is 6.07 Å². The number of nitrogens with zero attached hydrogens (tertiary/aromatic N) is 5. The highest BCUT2D eigenvalue weighted by Crippen LogP contribution is 2.45. The van der Waals surface area contributed by atoms with E-state index in [2.05, 4.69) is 15.1 Å². The van der Waals surface area contributed by atoms with Gasteiger partial charge in [0.25, 0.3) is 5.91 Å². The summed E-state index contributed by atoms with van der Waals surface area (Å²) in [5, 5.41) is 10.9. The zero-order valence-corrected chi connectivity index (χ0v) is 23.0. The van der Waals surface area contributed by atoms with Gasteiger partial charge in [-0.1, -0.05) is 52.7 Å². The normalized spacial score (nSPS) is 17.7. The van der Waals surface area contributed by atoms with Crippen molar-refractivity contribution in [2.24, 2.45) is 5.41 Å². The molecule has 1 amide bonds. The van der Waals surface area contributed by atoms with E-state index < -0.39 is 10.0 Å². The summed E-state index contributed by atoms with van der Waals surface area (Å²) in [4.78, 5) is 16.1. The molecule has 2 aromatic carbocycles. The molecule has 1 spiro atoms. The number of aromatic nitrogens is 2. The first kappa shape index (κ1) is 25.4. The molecule has 2 aliphatic rings. The fourth-order valence-electron chi connectivity index (χ4n) is 4.73. The Morgan fingerprint density at radius 2 is 1.72 bits per heavy atom. The van der Waals surface area contributed by atoms with E-state index in [0.29, 0.717) is 23.7 Å². The lowest BCUT2D eigenvalue weighted by Crippen LogP contribution is -2.61. The van der Waals surface area contributed by atoms with E-state index in [9.17, 15) is 13.2 Å². The average molecular weight is 567 g/mol. The Hall–Kier alpha value is -2.24. The number of benzene rings is 2. The number of sulfonamides is 1. The van der Waals surface area contributed by atoms with Gasteiger partial charge in [-0.15, -0.1) is 10.2 Å². The number of amides is 1. The highest BCUT2D eigenvalue weighted by Gasteiger charge is 2.47. The average Bonchev–Trinajstić information content (AvgIpc) is 3.32. The van der Waals surface area contributed by atoms with Gasteiger partial charge in [-0.05, 0) is 37.1 Å². The summed E-state index contributed by atoms with van der Waals surface area (Å²) >= 11 is 14.0. The predicted octanol–water partition coefficient (Wildman–Crippen LogP) is 4.50. The standard InChI is InChI=1S/C24H25Cl2N5O3S2/c1-29(2)22(32)17-8-7-16(13-19(17)26)21-27-28-23(35-21)30-14-24(15-30)9-11-31(12-10-24)36(33,34)20-6-4-3-5-18(20)25/h3-8,13H,9-12,14-15H2,1-2H3. The Kier molecular flexibility index (Phi) is 6.76. The molecule has 0 atom stereocenters. The molecule has 3 aromatic rings. The van der Waals surface area contributed by atoms with Gasteiger partial charge < -0.3 is 9.80 Å². The molecule has 0 bridgehead atoms. The Bertz CT molecular complexity index is 1410. The van der Waals surface area contributed by atoms with Crippen molar-refractivity contribution in [2.45, 2.75) is 17.7 Å². The quantitative estimate of drug-likeness (QED) is 0.452. The van der Waals surface area contributed by atoms with Crippen LogP contribution < -0.4 is 4.90 Å². The molecule has 190 valence electrons. The number of piperidine rings is 1. The molecule has 2 aliphatic heterocycles. The topological polar surface area (TPSA) is 86.7 Å². The van der Waals surface area contributed by atoms with Crippen molar-refractivity contribution in [1.29, 1.82) is 0 Å². The molecule has 0 saturated carbocycles. The fraction of sp³-hybridized carbons (Fsp3) is 0.375. The van der Waals surface area contributed by atoms with Crippen LogP contribution in [0.25, 0.3) is 10.6 Å². The minimum Gasteiger partial charge on any atom is -0.345 e. The largest absolute Gasteiger partial charge is 0.345 e. The second kappa shape index (κ2) is 9.57. The number of halogens is 2. The van der Waals surface area contributed by atoms with Crippen molar-refractivity contribution in [2.75, 3.05) is 45.2 Å². The van der Waals surface area contributed by atoms with Gasteiger partial charge >= 0.3 is 0 Å². The second-order valence-electron chi connectivity index (χ2n) is 9.47. The second-order valence-corrected chi connectivity index (χ2v) is 13.2. The molecule has 0 N–H and O–H groups in total. The molecule has 0 unspecified atom stereocenters. The summed E-state index contributed by atoms with van der Waals surface area (Å²) in [7, 11) is -0.233. The zero-order valence-electron chi connectivity index (χ0n) is 19.8. The summed E-state index contributed by atoms with van der Waals surface area (Å²) < 4.78 is 27.6. The minimum absolute atomic E-state index is 0.0792. The van der Waals surface area contributed by atoms with Crippen molar-refractivity contribution in [3.63, 3.8) is 0 Å². The maximum Gasteiger partial charge on any atom is 0.254 e. The molecule has 12 heteroatoms. The number of rotatable bonds is 5. The highest BCUT2D eigenvalue weighted by atomic mass is 35.5. The maximum absolute atomic E-state index is 13.0. The van der Waals surface area contributed by atoms with Gasteiger partial charge in [0.1, 0.15) is 9.90 Å². The molecular formula is C24H25Cl2N5O3S2. The summed E-state index contributed by atoms with van der Waals surface area (Å²) in [6.07, 6.45) is 1.58. The number of hydrogen-bond donors (Lipinski definition) is 0. The van der Waals surface area contributed by atoms with Crippen molar-refractivity contribution < 1.29 is 13.2 Å². The first-order valence-electron chi connectivity index (χ1n) is 11.4. The van der Waals surface area contributed by atoms with E-state index >= 15 is 0 Å². The zero-order chi connectivity index (χ0) is 25.7. The van der Waals surface area contributed by atoms with Gasteiger partial charge in [-0.25, -0.2) is 8.42 Å². The van der Waals surface area contributed by atoms with Gasteiger partial charge in [-0.3, -0.25) is 4.79 Å². The van der Waals surface area contributed by atoms with Crippen LogP contribution in [0.1, 0.15) is 23.2 Å². The molecule has 1 aromatic heterocycles. The molecular weight excluding hydrogens is 541 g/mol. The molecule has 2 saturated heterocycles. The Labute approximate surface area is 224 Å². The Morgan fingerprint density at radius 1 is 1.03 bits per heavy atom. The monoisotopic (exact) mass is 565 g/mol. The van der Waals surface area contributed by atoms with Crippen molar-refractivity contribution >= 4 is 55.6 Å². The molecule has 8 nitrogen and oxygen atoms in total. The molecule has 0 aliphatic carbocycles. The van der Waals surface area contributed by atoms with Gasteiger partial charge in [0.2, 0.25) is 15.2 Å². The van der Waals surface area contributed by atoms with Gasteiger partial charge in [-0.2, -0.15) is 4.31 Å². The third-order valence-corrected chi connectivity index (χ3v) is 10.6. The summed E-state index contributed by atoms with van der Waals surface area (Å²) in [5.74, 6) is -0.152. The van der Waals surface area contributed by atoms with Crippen molar-refractivity contribution in [3.05, 3.63) is 58.1 Å². The fourth-order valence-corrected chi connectivity index (χ4v) is 7.77. The van der Waals surface area contributed by atoms with Crippen LogP contribution in [0.4, 0.5) is 5.13 Å². The highest BCUT2D eigenvalue weighted by molar-refractivity contribution is 7.89. The first-order chi connectivity index (χ1) is 17.1. The maximum atomic E-state index is 13.0. The molecule has 3 heterocycles. The van der Waals surface area contributed by atoms with E-state index in [1.54, 1.807) is 54.8 Å². The molecule has 36 heavy (non-hydrogen) atoms. The van der Waals surface area contributed by atoms with Crippen LogP contribution in [0, 0.1) is 5.41 Å². The predicted molar refractivity (Wildman–Crippen MR) is 142 cm³/mol. The minimum atomic E-state index is -3.60. The van der Waals surface area contributed by atoms with Crippen LogP contribution in [0.2, 0.25) is 10.0 Å². The van der Waals surface area contributed by atoms with Crippen LogP contribution in [-0.2, 0) is 10.0 Å². The van der Waals surface area contributed by atoms with E-state index in [1.165, 1.54) is 16.2 Å². The van der Waals surface area contributed by atoms with Crippen LogP contribution in [0.15, 0.2) is 47.4 Å². The molecule has 0 radical (unpaired) electrons. The van der Waals surface area contributed by atoms with Gasteiger partial charge in [0.15, 0.2) is 0 Å². The lowest BCUT2D eigenvalue weighted by atomic mass is 9.73. The smallest absolute Gasteiger partial charge is 0.254 e. The van der Waals surface area contributed by atoms with E-state index in [0.717, 1.165) is 41.6 Å². The van der Waals surface area contributed by atoms with Crippen LogP contribution in [0.3, 0.4) is 0 Å². The molecule has 5 rings (SSSR count). The van der Waals surface area contributed by atoms with Gasteiger partial charge in [0.05, 0.1) is 15.6 Å². The summed E-state index contributed by atoms with van der Waals surface area (Å²) in [6.45, 7) is 2.58. The Balaban J connectivity index is 1.22. The van der Waals surface area contributed by atoms with Crippen LogP contribution >= 0.6 is 34.5 Å². The molecule has 2 fully saturated rings. The van der Waals surface area contributed by atoms with Crippen LogP contribution in [0.5, 0.6) is 0 Å². The van der Waals surface area contributed by atoms with Crippen molar-refractivity contribution in [3.8, 4) is 10.6 Å². The third kappa shape index (κ3) is 4.61. The lowest BCUT2D eigenvalue weighted by molar-refractivity contribution is 0.0827.